The molecule has 0 atom stereocenters. The van der Waals surface area contributed by atoms with E-state index in [9.17, 15) is 26.4 Å². The number of nitrogens with zero attached hydrogens (tertiary/aromatic N) is 3. The summed E-state index contributed by atoms with van der Waals surface area (Å²) in [5, 5.41) is 7.65. The minimum absolute atomic E-state index is 0.115. The van der Waals surface area contributed by atoms with Crippen LogP contribution in [0.2, 0.25) is 5.02 Å². The number of halogens is 4. The number of hydrogen-bond acceptors (Lipinski definition) is 6. The van der Waals surface area contributed by atoms with Crippen molar-refractivity contribution in [1.82, 2.24) is 19.7 Å². The number of alkyl halides is 3. The quantitative estimate of drug-likeness (QED) is 0.608. The van der Waals surface area contributed by atoms with Crippen LogP contribution in [0.4, 0.5) is 13.2 Å². The number of sulfonamides is 1. The van der Waals surface area contributed by atoms with Crippen molar-refractivity contribution in [2.75, 3.05) is 7.11 Å². The molecule has 0 bridgehead atoms. The predicted molar refractivity (Wildman–Crippen MR) is 104 cm³/mol. The topological polar surface area (TPSA) is 103 Å². The number of benzene rings is 2. The van der Waals surface area contributed by atoms with E-state index in [1.807, 2.05) is 0 Å². The SMILES string of the molecule is COc1ccc(-n2nnc(C(=O)NS(=O)(=O)c3ccccc3C(F)(F)F)c2C)c(Cl)c1. The molecule has 0 saturated carbocycles. The number of hydrogen-bond donors (Lipinski definition) is 1. The van der Waals surface area contributed by atoms with Gasteiger partial charge >= 0.3 is 6.18 Å². The van der Waals surface area contributed by atoms with E-state index < -0.39 is 38.3 Å². The van der Waals surface area contributed by atoms with Gasteiger partial charge in [0.2, 0.25) is 0 Å². The Bertz CT molecular complexity index is 1260. The number of amides is 1. The molecule has 3 rings (SSSR count). The third-order valence-corrected chi connectivity index (χ3v) is 5.89. The van der Waals surface area contributed by atoms with E-state index in [4.69, 9.17) is 16.3 Å². The molecule has 3 aromatic rings. The summed E-state index contributed by atoms with van der Waals surface area (Å²) >= 11 is 6.18. The first kappa shape index (κ1) is 22.6. The minimum Gasteiger partial charge on any atom is -0.497 e. The third-order valence-electron chi connectivity index (χ3n) is 4.20. The lowest BCUT2D eigenvalue weighted by atomic mass is 10.2. The molecule has 0 spiro atoms. The van der Waals surface area contributed by atoms with E-state index in [1.165, 1.54) is 24.8 Å². The maximum Gasteiger partial charge on any atom is 0.417 e. The van der Waals surface area contributed by atoms with Gasteiger partial charge in [-0.15, -0.1) is 5.10 Å². The van der Waals surface area contributed by atoms with Gasteiger partial charge in [-0.3, -0.25) is 4.79 Å². The average Bonchev–Trinajstić information content (AvgIpc) is 3.08. The van der Waals surface area contributed by atoms with Crippen LogP contribution >= 0.6 is 11.6 Å². The first-order valence-electron chi connectivity index (χ1n) is 8.45. The molecule has 2 aromatic carbocycles. The highest BCUT2D eigenvalue weighted by Gasteiger charge is 2.37. The van der Waals surface area contributed by atoms with E-state index in [-0.39, 0.29) is 10.7 Å². The first-order valence-corrected chi connectivity index (χ1v) is 10.3. The molecular formula is C18H14ClF3N4O4S. The fourth-order valence-corrected chi connectivity index (χ4v) is 4.15. The van der Waals surface area contributed by atoms with Crippen molar-refractivity contribution < 1.29 is 31.1 Å². The van der Waals surface area contributed by atoms with Gasteiger partial charge in [0.15, 0.2) is 5.69 Å². The molecule has 0 aliphatic heterocycles. The van der Waals surface area contributed by atoms with Gasteiger partial charge in [-0.2, -0.15) is 13.2 Å². The van der Waals surface area contributed by atoms with Crippen molar-refractivity contribution in [3.05, 3.63) is 64.4 Å². The molecule has 0 unspecified atom stereocenters. The molecule has 1 aromatic heterocycles. The van der Waals surface area contributed by atoms with Crippen LogP contribution in [0.3, 0.4) is 0 Å². The molecule has 1 heterocycles. The second kappa shape index (κ2) is 8.19. The van der Waals surface area contributed by atoms with Crippen LogP contribution < -0.4 is 9.46 Å². The zero-order valence-corrected chi connectivity index (χ0v) is 17.5. The molecule has 1 N–H and O–H groups in total. The molecular weight excluding hydrogens is 461 g/mol. The molecule has 8 nitrogen and oxygen atoms in total. The second-order valence-corrected chi connectivity index (χ2v) is 8.24. The number of carbonyl (C=O) groups is 1. The molecule has 31 heavy (non-hydrogen) atoms. The van der Waals surface area contributed by atoms with Crippen LogP contribution in [0.1, 0.15) is 21.7 Å². The van der Waals surface area contributed by atoms with E-state index >= 15 is 0 Å². The molecule has 1 amide bonds. The molecule has 0 aliphatic carbocycles. The number of rotatable bonds is 5. The summed E-state index contributed by atoms with van der Waals surface area (Å²) in [6, 6.07) is 8.13. The summed E-state index contributed by atoms with van der Waals surface area (Å²) < 4.78 is 72.3. The van der Waals surface area contributed by atoms with Gasteiger partial charge in [-0.1, -0.05) is 28.9 Å². The normalized spacial score (nSPS) is 11.9. The number of aromatic nitrogens is 3. The lowest BCUT2D eigenvalue weighted by molar-refractivity contribution is -0.139. The summed E-state index contributed by atoms with van der Waals surface area (Å²) in [6.07, 6.45) is -4.93. The van der Waals surface area contributed by atoms with Gasteiger partial charge in [0, 0.05) is 6.07 Å². The van der Waals surface area contributed by atoms with Crippen LogP contribution in [-0.2, 0) is 16.2 Å². The van der Waals surface area contributed by atoms with Gasteiger partial charge in [0.25, 0.3) is 15.9 Å². The first-order chi connectivity index (χ1) is 14.5. The van der Waals surface area contributed by atoms with Crippen molar-refractivity contribution in [2.24, 2.45) is 0 Å². The molecule has 0 saturated heterocycles. The lowest BCUT2D eigenvalue weighted by Crippen LogP contribution is -2.32. The Morgan fingerprint density at radius 1 is 1.19 bits per heavy atom. The highest BCUT2D eigenvalue weighted by atomic mass is 35.5. The smallest absolute Gasteiger partial charge is 0.417 e. The van der Waals surface area contributed by atoms with E-state index in [0.717, 1.165) is 18.2 Å². The zero-order valence-electron chi connectivity index (χ0n) is 15.9. The highest BCUT2D eigenvalue weighted by molar-refractivity contribution is 7.90. The Kier molecular flexibility index (Phi) is 5.96. The second-order valence-electron chi connectivity index (χ2n) is 6.18. The summed E-state index contributed by atoms with van der Waals surface area (Å²) in [5.74, 6) is -0.774. The van der Waals surface area contributed by atoms with Crippen LogP contribution in [0, 0.1) is 6.92 Å². The highest BCUT2D eigenvalue weighted by Crippen LogP contribution is 2.34. The molecule has 13 heteroatoms. The van der Waals surface area contributed by atoms with E-state index in [0.29, 0.717) is 17.5 Å². The average molecular weight is 475 g/mol. The van der Waals surface area contributed by atoms with Gasteiger partial charge in [-0.25, -0.2) is 17.8 Å². The summed E-state index contributed by atoms with van der Waals surface area (Å²) in [7, 11) is -3.40. The van der Waals surface area contributed by atoms with Crippen molar-refractivity contribution in [1.29, 1.82) is 0 Å². The largest absolute Gasteiger partial charge is 0.497 e. The summed E-state index contributed by atoms with van der Waals surface area (Å²) in [6.45, 7) is 1.42. The Morgan fingerprint density at radius 3 is 2.48 bits per heavy atom. The lowest BCUT2D eigenvalue weighted by Gasteiger charge is -2.13. The third kappa shape index (κ3) is 4.49. The predicted octanol–water partition coefficient (Wildman–Crippen LogP) is 3.38. The maximum atomic E-state index is 13.2. The van der Waals surface area contributed by atoms with Crippen molar-refractivity contribution in [2.45, 2.75) is 18.0 Å². The molecule has 0 fully saturated rings. The summed E-state index contributed by atoms with van der Waals surface area (Å²) in [4.78, 5) is 11.4. The standard InChI is InChI=1S/C18H14ClF3N4O4S/c1-10-16(23-25-26(10)14-8-7-11(30-2)9-13(14)19)17(27)24-31(28,29)15-6-4-3-5-12(15)18(20,21)22/h3-9H,1-2H3,(H,24,27). The van der Waals surface area contributed by atoms with Crippen molar-refractivity contribution >= 4 is 27.5 Å². The summed E-state index contributed by atoms with van der Waals surface area (Å²) in [5.41, 5.74) is -1.36. The Labute approximate surface area is 179 Å². The van der Waals surface area contributed by atoms with Gasteiger partial charge in [-0.05, 0) is 31.2 Å². The molecule has 0 radical (unpaired) electrons. The molecule has 0 aliphatic rings. The van der Waals surface area contributed by atoms with E-state index in [2.05, 4.69) is 10.3 Å². The fraction of sp³-hybridized carbons (Fsp3) is 0.167. The van der Waals surface area contributed by atoms with Gasteiger partial charge in [0.1, 0.15) is 5.75 Å². The monoisotopic (exact) mass is 474 g/mol. The van der Waals surface area contributed by atoms with Crippen LogP contribution in [-0.4, -0.2) is 36.4 Å². The number of ether oxygens (including phenoxy) is 1. The Morgan fingerprint density at radius 2 is 1.87 bits per heavy atom. The van der Waals surface area contributed by atoms with Gasteiger partial charge in [0.05, 0.1) is 34.0 Å². The number of methoxy groups -OCH3 is 1. The maximum absolute atomic E-state index is 13.2. The fourth-order valence-electron chi connectivity index (χ4n) is 2.71. The van der Waals surface area contributed by atoms with E-state index in [1.54, 1.807) is 16.9 Å². The molecule has 164 valence electrons. The van der Waals surface area contributed by atoms with Crippen LogP contribution in [0.25, 0.3) is 5.69 Å². The number of nitrogens with one attached hydrogen (secondary N) is 1. The Hall–Kier alpha value is -3.12. The van der Waals surface area contributed by atoms with Crippen molar-refractivity contribution in [3.63, 3.8) is 0 Å². The van der Waals surface area contributed by atoms with Gasteiger partial charge < -0.3 is 4.74 Å². The zero-order chi connectivity index (χ0) is 23.0. The Balaban J connectivity index is 1.94. The van der Waals surface area contributed by atoms with Crippen molar-refractivity contribution in [3.8, 4) is 11.4 Å². The van der Waals surface area contributed by atoms with Crippen LogP contribution in [0.15, 0.2) is 47.4 Å². The van der Waals surface area contributed by atoms with Crippen LogP contribution in [0.5, 0.6) is 5.75 Å². The number of carbonyl (C=O) groups excluding carboxylic acids is 1. The minimum atomic E-state index is -4.93.